The molecule has 1 aliphatic carbocycles. The normalized spacial score (nSPS) is 14.2. The van der Waals surface area contributed by atoms with E-state index in [0.29, 0.717) is 17.6 Å². The maximum atomic E-state index is 6.67. The standard InChI is InChI=1S/C42H24N4O2/c1-42(2)23-13-17-27-35-31(23)32-24(42)14-18-28-36(32)38-30(48-28)20-16-26-34(38)33-25(15-19-29(47-27)37(33)35)46(26)41-44-39(21-9-5-3-6-10-21)43-40(45-41)22-11-7-4-8-12-22/h3-20H,1-2H3. The van der Waals surface area contributed by atoms with Crippen molar-refractivity contribution >= 4 is 76.5 Å². The molecule has 7 aromatic carbocycles. The maximum absolute atomic E-state index is 6.67. The number of hydrogen-bond acceptors (Lipinski definition) is 5. The second-order valence-corrected chi connectivity index (χ2v) is 13.6. The van der Waals surface area contributed by atoms with Crippen molar-refractivity contribution in [1.29, 1.82) is 0 Å². The van der Waals surface area contributed by atoms with Gasteiger partial charge in [-0.2, -0.15) is 9.97 Å². The topological polar surface area (TPSA) is 69.9 Å². The Morgan fingerprint density at radius 2 is 0.854 bits per heavy atom. The van der Waals surface area contributed by atoms with Crippen molar-refractivity contribution in [3.05, 3.63) is 120 Å². The molecule has 11 aromatic rings. The van der Waals surface area contributed by atoms with Crippen molar-refractivity contribution in [2.75, 3.05) is 0 Å². The van der Waals surface area contributed by atoms with Crippen molar-refractivity contribution in [2.24, 2.45) is 0 Å². The molecule has 0 amide bonds. The predicted octanol–water partition coefficient (Wildman–Crippen LogP) is 10.8. The highest BCUT2D eigenvalue weighted by Crippen LogP contribution is 2.56. The Balaban J connectivity index is 1.33. The van der Waals surface area contributed by atoms with E-state index >= 15 is 0 Å². The van der Waals surface area contributed by atoms with Gasteiger partial charge in [0.25, 0.3) is 0 Å². The molecule has 12 rings (SSSR count). The third-order valence-corrected chi connectivity index (χ3v) is 10.8. The van der Waals surface area contributed by atoms with Crippen LogP contribution in [0.4, 0.5) is 0 Å². The quantitative estimate of drug-likeness (QED) is 0.198. The van der Waals surface area contributed by atoms with Crippen molar-refractivity contribution in [1.82, 2.24) is 19.5 Å². The third kappa shape index (κ3) is 2.81. The van der Waals surface area contributed by atoms with Gasteiger partial charge in [-0.15, -0.1) is 0 Å². The van der Waals surface area contributed by atoms with Crippen LogP contribution in [0, 0.1) is 0 Å². The summed E-state index contributed by atoms with van der Waals surface area (Å²) in [5.74, 6) is 1.81. The van der Waals surface area contributed by atoms with E-state index in [4.69, 9.17) is 23.8 Å². The number of aromatic nitrogens is 4. The molecule has 0 N–H and O–H groups in total. The largest absolute Gasteiger partial charge is 0.456 e. The minimum atomic E-state index is -0.164. The van der Waals surface area contributed by atoms with Crippen LogP contribution in [0.5, 0.6) is 0 Å². The van der Waals surface area contributed by atoms with E-state index in [1.165, 1.54) is 32.7 Å². The number of nitrogens with zero attached hydrogens (tertiary/aromatic N) is 4. The molecule has 1 aliphatic rings. The highest BCUT2D eigenvalue weighted by molar-refractivity contribution is 6.42. The van der Waals surface area contributed by atoms with Crippen LogP contribution in [0.25, 0.3) is 105 Å². The summed E-state index contributed by atoms with van der Waals surface area (Å²) in [7, 11) is 0. The molecule has 6 heteroatoms. The first-order valence-electron chi connectivity index (χ1n) is 16.3. The Morgan fingerprint density at radius 1 is 0.438 bits per heavy atom. The summed E-state index contributed by atoms with van der Waals surface area (Å²) in [6.45, 7) is 4.67. The Labute approximate surface area is 272 Å². The Hall–Kier alpha value is -6.27. The summed E-state index contributed by atoms with van der Waals surface area (Å²) in [6, 6.07) is 37.6. The van der Waals surface area contributed by atoms with Gasteiger partial charge in [-0.25, -0.2) is 4.98 Å². The Bertz CT molecular complexity index is 2930. The zero-order chi connectivity index (χ0) is 31.5. The summed E-state index contributed by atoms with van der Waals surface area (Å²) in [5.41, 5.74) is 9.91. The first-order valence-corrected chi connectivity index (χ1v) is 16.3. The summed E-state index contributed by atoms with van der Waals surface area (Å²) in [6.07, 6.45) is 0. The molecular formula is C42H24N4O2. The zero-order valence-electron chi connectivity index (χ0n) is 26.0. The lowest BCUT2D eigenvalue weighted by molar-refractivity contribution is 0.656. The first-order chi connectivity index (χ1) is 23.6. The minimum absolute atomic E-state index is 0.164. The summed E-state index contributed by atoms with van der Waals surface area (Å²) >= 11 is 0. The highest BCUT2D eigenvalue weighted by atomic mass is 16.3. The average Bonchev–Trinajstić information content (AvgIpc) is 3.84. The van der Waals surface area contributed by atoms with Gasteiger partial charge in [0.2, 0.25) is 5.95 Å². The Kier molecular flexibility index (Phi) is 4.24. The summed E-state index contributed by atoms with van der Waals surface area (Å²) in [4.78, 5) is 15.3. The maximum Gasteiger partial charge on any atom is 0.238 e. The van der Waals surface area contributed by atoms with E-state index in [0.717, 1.165) is 66.0 Å². The molecule has 6 nitrogen and oxygen atoms in total. The molecule has 0 fully saturated rings. The van der Waals surface area contributed by atoms with Crippen LogP contribution in [-0.4, -0.2) is 19.5 Å². The summed E-state index contributed by atoms with van der Waals surface area (Å²) < 4.78 is 15.5. The predicted molar refractivity (Wildman–Crippen MR) is 192 cm³/mol. The van der Waals surface area contributed by atoms with E-state index in [1.807, 2.05) is 60.7 Å². The summed E-state index contributed by atoms with van der Waals surface area (Å²) in [5, 5.41) is 9.38. The highest BCUT2D eigenvalue weighted by Gasteiger charge is 2.37. The van der Waals surface area contributed by atoms with Crippen LogP contribution >= 0.6 is 0 Å². The molecule has 0 unspecified atom stereocenters. The first kappa shape index (κ1) is 24.9. The molecule has 224 valence electrons. The average molecular weight is 617 g/mol. The molecule has 0 spiro atoms. The monoisotopic (exact) mass is 616 g/mol. The van der Waals surface area contributed by atoms with Gasteiger partial charge < -0.3 is 8.83 Å². The lowest BCUT2D eigenvalue weighted by atomic mass is 9.81. The molecule has 0 saturated carbocycles. The fraction of sp³-hybridized carbons (Fsp3) is 0.0714. The van der Waals surface area contributed by atoms with Crippen LogP contribution in [0.15, 0.2) is 118 Å². The van der Waals surface area contributed by atoms with E-state index in [1.54, 1.807) is 0 Å². The second-order valence-electron chi connectivity index (χ2n) is 13.6. The fourth-order valence-electron chi connectivity index (χ4n) is 8.71. The SMILES string of the molecule is CC1(C)c2ccc3oc4ccc5c6c4c3c2c2c1ccc1oc3ccc(c6c3c12)n5-c1nc(-c2ccccc2)nc(-c2ccccc2)n1. The van der Waals surface area contributed by atoms with Crippen LogP contribution in [-0.2, 0) is 5.41 Å². The molecule has 0 radical (unpaired) electrons. The van der Waals surface area contributed by atoms with Gasteiger partial charge in [-0.05, 0) is 58.3 Å². The number of furan rings is 2. The van der Waals surface area contributed by atoms with E-state index in [-0.39, 0.29) is 5.41 Å². The zero-order valence-corrected chi connectivity index (χ0v) is 26.0. The lowest BCUT2D eigenvalue weighted by Crippen LogP contribution is -2.15. The number of benzene rings is 6. The van der Waals surface area contributed by atoms with Crippen LogP contribution in [0.2, 0.25) is 0 Å². The van der Waals surface area contributed by atoms with Crippen molar-refractivity contribution in [3.63, 3.8) is 0 Å². The second kappa shape index (κ2) is 8.17. The lowest BCUT2D eigenvalue weighted by Gasteiger charge is -2.21. The fourth-order valence-corrected chi connectivity index (χ4v) is 8.71. The van der Waals surface area contributed by atoms with Gasteiger partial charge in [-0.3, -0.25) is 4.57 Å². The van der Waals surface area contributed by atoms with Gasteiger partial charge in [0.15, 0.2) is 11.6 Å². The van der Waals surface area contributed by atoms with Gasteiger partial charge in [0, 0.05) is 48.9 Å². The number of rotatable bonds is 3. The van der Waals surface area contributed by atoms with Crippen LogP contribution < -0.4 is 0 Å². The van der Waals surface area contributed by atoms with Crippen molar-refractivity contribution in [2.45, 2.75) is 19.3 Å². The Morgan fingerprint density at radius 3 is 1.31 bits per heavy atom. The van der Waals surface area contributed by atoms with Gasteiger partial charge in [0.1, 0.15) is 22.3 Å². The van der Waals surface area contributed by atoms with Gasteiger partial charge in [0.05, 0.1) is 11.0 Å². The van der Waals surface area contributed by atoms with Crippen LogP contribution in [0.3, 0.4) is 0 Å². The molecular weight excluding hydrogens is 592 g/mol. The van der Waals surface area contributed by atoms with Crippen molar-refractivity contribution in [3.8, 4) is 28.7 Å². The van der Waals surface area contributed by atoms with E-state index in [9.17, 15) is 0 Å². The van der Waals surface area contributed by atoms with Gasteiger partial charge in [-0.1, -0.05) is 86.6 Å². The molecule has 4 aromatic heterocycles. The van der Waals surface area contributed by atoms with Crippen LogP contribution in [0.1, 0.15) is 25.0 Å². The number of hydrogen-bond donors (Lipinski definition) is 0. The molecule has 4 heterocycles. The molecule has 0 saturated heterocycles. The van der Waals surface area contributed by atoms with E-state index in [2.05, 4.69) is 66.9 Å². The van der Waals surface area contributed by atoms with E-state index < -0.39 is 0 Å². The third-order valence-electron chi connectivity index (χ3n) is 10.8. The minimum Gasteiger partial charge on any atom is -0.456 e. The molecule has 0 aliphatic heterocycles. The van der Waals surface area contributed by atoms with Crippen molar-refractivity contribution < 1.29 is 8.83 Å². The molecule has 0 bridgehead atoms. The van der Waals surface area contributed by atoms with Gasteiger partial charge >= 0.3 is 0 Å². The smallest absolute Gasteiger partial charge is 0.238 e. The molecule has 0 atom stereocenters. The molecule has 48 heavy (non-hydrogen) atoms.